The SMILES string of the molecule is Cc1cc(CNC(=O)c2cccc(-c3cc(NC4CC4)nc(N)n3)c2)on1.O=CO. The van der Waals surface area contributed by atoms with Crippen molar-refractivity contribution in [3.8, 4) is 11.3 Å². The number of aromatic nitrogens is 3. The van der Waals surface area contributed by atoms with E-state index in [0.717, 1.165) is 24.1 Å². The van der Waals surface area contributed by atoms with Gasteiger partial charge in [0, 0.05) is 29.3 Å². The summed E-state index contributed by atoms with van der Waals surface area (Å²) in [5.74, 6) is 1.31. The molecule has 0 aliphatic heterocycles. The quantitative estimate of drug-likeness (QED) is 0.447. The van der Waals surface area contributed by atoms with E-state index in [1.54, 1.807) is 18.2 Å². The second kappa shape index (κ2) is 9.50. The Morgan fingerprint density at radius 2 is 2.07 bits per heavy atom. The molecule has 2 heterocycles. The van der Waals surface area contributed by atoms with Gasteiger partial charge in [-0.3, -0.25) is 9.59 Å². The molecule has 5 N–H and O–H groups in total. The molecule has 0 bridgehead atoms. The molecule has 1 amide bonds. The number of nitrogens with two attached hydrogens (primary N) is 1. The second-order valence-corrected chi connectivity index (χ2v) is 6.72. The van der Waals surface area contributed by atoms with Gasteiger partial charge in [-0.25, -0.2) is 4.98 Å². The third-order valence-corrected chi connectivity index (χ3v) is 4.19. The minimum absolute atomic E-state index is 0.200. The molecular weight excluding hydrogens is 388 g/mol. The van der Waals surface area contributed by atoms with Crippen LogP contribution in [0.15, 0.2) is 40.9 Å². The fraction of sp³-hybridized carbons (Fsp3) is 0.250. The Morgan fingerprint density at radius 1 is 1.30 bits per heavy atom. The van der Waals surface area contributed by atoms with Crippen molar-refractivity contribution >= 4 is 24.1 Å². The molecule has 0 saturated heterocycles. The lowest BCUT2D eigenvalue weighted by molar-refractivity contribution is -0.122. The number of nitrogens with one attached hydrogen (secondary N) is 2. The van der Waals surface area contributed by atoms with Crippen LogP contribution in [0.1, 0.15) is 34.7 Å². The van der Waals surface area contributed by atoms with Crippen molar-refractivity contribution in [3.05, 3.63) is 53.4 Å². The molecule has 1 aliphatic carbocycles. The number of amides is 1. The molecule has 10 heteroatoms. The molecule has 0 atom stereocenters. The van der Waals surface area contributed by atoms with Crippen LogP contribution >= 0.6 is 0 Å². The first-order valence-corrected chi connectivity index (χ1v) is 9.28. The van der Waals surface area contributed by atoms with Crippen molar-refractivity contribution < 1.29 is 19.2 Å². The van der Waals surface area contributed by atoms with E-state index >= 15 is 0 Å². The Bertz CT molecular complexity index is 1030. The van der Waals surface area contributed by atoms with Crippen LogP contribution in [0.5, 0.6) is 0 Å². The smallest absolute Gasteiger partial charge is 0.290 e. The van der Waals surface area contributed by atoms with E-state index in [1.165, 1.54) is 0 Å². The van der Waals surface area contributed by atoms with E-state index in [4.69, 9.17) is 20.2 Å². The zero-order chi connectivity index (χ0) is 21.5. The fourth-order valence-electron chi connectivity index (χ4n) is 2.71. The molecule has 0 unspecified atom stereocenters. The highest BCUT2D eigenvalue weighted by Crippen LogP contribution is 2.27. The molecule has 0 spiro atoms. The molecule has 1 aliphatic rings. The van der Waals surface area contributed by atoms with Gasteiger partial charge in [-0.2, -0.15) is 4.98 Å². The summed E-state index contributed by atoms with van der Waals surface area (Å²) in [7, 11) is 0. The molecule has 1 aromatic carbocycles. The highest BCUT2D eigenvalue weighted by atomic mass is 16.5. The lowest BCUT2D eigenvalue weighted by atomic mass is 10.1. The third-order valence-electron chi connectivity index (χ3n) is 4.19. The van der Waals surface area contributed by atoms with Crippen LogP contribution in [0.25, 0.3) is 11.3 Å². The van der Waals surface area contributed by atoms with Gasteiger partial charge in [0.2, 0.25) is 5.95 Å². The highest BCUT2D eigenvalue weighted by Gasteiger charge is 2.22. The summed E-state index contributed by atoms with van der Waals surface area (Å²) in [5.41, 5.74) is 8.62. The normalized spacial score (nSPS) is 12.4. The average molecular weight is 410 g/mol. The maximum absolute atomic E-state index is 12.5. The van der Waals surface area contributed by atoms with E-state index in [2.05, 4.69) is 25.8 Å². The van der Waals surface area contributed by atoms with Gasteiger partial charge in [0.15, 0.2) is 5.76 Å². The van der Waals surface area contributed by atoms with E-state index in [1.807, 2.05) is 25.1 Å². The van der Waals surface area contributed by atoms with E-state index < -0.39 is 0 Å². The summed E-state index contributed by atoms with van der Waals surface area (Å²) < 4.78 is 5.10. The number of rotatable bonds is 6. The predicted molar refractivity (Wildman–Crippen MR) is 110 cm³/mol. The van der Waals surface area contributed by atoms with Gasteiger partial charge in [-0.1, -0.05) is 17.3 Å². The number of carboxylic acid groups (broad SMARTS) is 1. The number of anilines is 2. The van der Waals surface area contributed by atoms with Crippen molar-refractivity contribution in [1.29, 1.82) is 0 Å². The van der Waals surface area contributed by atoms with Gasteiger partial charge in [0.25, 0.3) is 12.4 Å². The van der Waals surface area contributed by atoms with Crippen LogP contribution in [0.4, 0.5) is 11.8 Å². The number of carbonyl (C=O) groups excluding carboxylic acids is 1. The third kappa shape index (κ3) is 5.77. The van der Waals surface area contributed by atoms with Crippen molar-refractivity contribution in [2.45, 2.75) is 32.4 Å². The molecule has 1 fully saturated rings. The number of benzene rings is 1. The first-order chi connectivity index (χ1) is 14.5. The molecule has 10 nitrogen and oxygen atoms in total. The van der Waals surface area contributed by atoms with Crippen LogP contribution in [0.3, 0.4) is 0 Å². The Hall–Kier alpha value is -3.95. The lowest BCUT2D eigenvalue weighted by Gasteiger charge is -2.09. The molecule has 30 heavy (non-hydrogen) atoms. The summed E-state index contributed by atoms with van der Waals surface area (Å²) in [6.45, 7) is 1.86. The first-order valence-electron chi connectivity index (χ1n) is 9.28. The maximum Gasteiger partial charge on any atom is 0.290 e. The Labute approximate surface area is 172 Å². The van der Waals surface area contributed by atoms with Crippen LogP contribution in [-0.4, -0.2) is 38.7 Å². The number of nitrogen functional groups attached to an aromatic ring is 1. The van der Waals surface area contributed by atoms with Gasteiger partial charge in [-0.05, 0) is 31.9 Å². The minimum Gasteiger partial charge on any atom is -0.483 e. The number of nitrogens with zero attached hydrogens (tertiary/aromatic N) is 3. The van der Waals surface area contributed by atoms with E-state index in [-0.39, 0.29) is 24.9 Å². The molecule has 2 aromatic heterocycles. The van der Waals surface area contributed by atoms with Crippen molar-refractivity contribution in [2.75, 3.05) is 11.1 Å². The van der Waals surface area contributed by atoms with Crippen molar-refractivity contribution in [1.82, 2.24) is 20.4 Å². The number of carbonyl (C=O) groups is 2. The Kier molecular flexibility index (Phi) is 6.58. The van der Waals surface area contributed by atoms with Gasteiger partial charge in [0.1, 0.15) is 5.82 Å². The van der Waals surface area contributed by atoms with Gasteiger partial charge < -0.3 is 26.0 Å². The van der Waals surface area contributed by atoms with Crippen molar-refractivity contribution in [2.24, 2.45) is 0 Å². The van der Waals surface area contributed by atoms with Crippen LogP contribution in [-0.2, 0) is 11.3 Å². The second-order valence-electron chi connectivity index (χ2n) is 6.72. The topological polar surface area (TPSA) is 156 Å². The zero-order valence-corrected chi connectivity index (χ0v) is 16.3. The Morgan fingerprint density at radius 3 is 2.73 bits per heavy atom. The predicted octanol–water partition coefficient (Wildman–Crippen LogP) is 2.23. The number of aryl methyl sites for hydroxylation is 1. The van der Waals surface area contributed by atoms with Crippen LogP contribution in [0, 0.1) is 6.92 Å². The fourth-order valence-corrected chi connectivity index (χ4v) is 2.71. The summed E-state index contributed by atoms with van der Waals surface area (Å²) in [6, 6.07) is 11.3. The van der Waals surface area contributed by atoms with E-state index in [9.17, 15) is 4.79 Å². The standard InChI is InChI=1S/C19H20N6O2.CH2O2/c1-11-7-15(27-25-11)10-21-18(26)13-4-2-3-12(8-13)16-9-17(22-14-5-6-14)24-19(20)23-16;2-1-3/h2-4,7-9,14H,5-6,10H2,1H3,(H,21,26)(H3,20,22,23,24);1H,(H,2,3). The summed E-state index contributed by atoms with van der Waals surface area (Å²) in [6.07, 6.45) is 2.28. The zero-order valence-electron chi connectivity index (χ0n) is 16.3. The summed E-state index contributed by atoms with van der Waals surface area (Å²) in [5, 5.41) is 16.8. The Balaban J connectivity index is 0.000000806. The molecular formula is C20H22N6O4. The molecule has 0 radical (unpaired) electrons. The number of hydrogen-bond donors (Lipinski definition) is 4. The molecule has 4 rings (SSSR count). The van der Waals surface area contributed by atoms with E-state index in [0.29, 0.717) is 28.9 Å². The highest BCUT2D eigenvalue weighted by molar-refractivity contribution is 5.95. The maximum atomic E-state index is 12.5. The molecule has 3 aromatic rings. The monoisotopic (exact) mass is 410 g/mol. The molecule has 1 saturated carbocycles. The summed E-state index contributed by atoms with van der Waals surface area (Å²) in [4.78, 5) is 29.3. The van der Waals surface area contributed by atoms with Gasteiger partial charge >= 0.3 is 0 Å². The number of hydrogen-bond acceptors (Lipinski definition) is 8. The van der Waals surface area contributed by atoms with Crippen LogP contribution < -0.4 is 16.4 Å². The van der Waals surface area contributed by atoms with Gasteiger partial charge in [0.05, 0.1) is 17.9 Å². The van der Waals surface area contributed by atoms with Crippen LogP contribution in [0.2, 0.25) is 0 Å². The van der Waals surface area contributed by atoms with Crippen molar-refractivity contribution in [3.63, 3.8) is 0 Å². The molecule has 156 valence electrons. The van der Waals surface area contributed by atoms with Gasteiger partial charge in [-0.15, -0.1) is 0 Å². The minimum atomic E-state index is -0.250. The first kappa shape index (κ1) is 20.8. The lowest BCUT2D eigenvalue weighted by Crippen LogP contribution is -2.22. The largest absolute Gasteiger partial charge is 0.483 e. The average Bonchev–Trinajstić information content (AvgIpc) is 3.44. The summed E-state index contributed by atoms with van der Waals surface area (Å²) >= 11 is 0.